The Balaban J connectivity index is 1.89. The Morgan fingerprint density at radius 1 is 1.15 bits per heavy atom. The van der Waals surface area contributed by atoms with Gasteiger partial charge in [0.25, 0.3) is 0 Å². The van der Waals surface area contributed by atoms with Crippen molar-refractivity contribution in [2.24, 2.45) is 0 Å². The predicted octanol–water partition coefficient (Wildman–Crippen LogP) is 3.81. The Bertz CT molecular complexity index is 964. The van der Waals surface area contributed by atoms with Crippen molar-refractivity contribution >= 4 is 22.5 Å². The molecule has 0 fully saturated rings. The van der Waals surface area contributed by atoms with Crippen molar-refractivity contribution in [3.63, 3.8) is 0 Å². The van der Waals surface area contributed by atoms with Crippen LogP contribution in [-0.2, 0) is 16.1 Å². The highest BCUT2D eigenvalue weighted by molar-refractivity contribution is 5.97. The molecule has 2 aromatic carbocycles. The second-order valence-electron chi connectivity index (χ2n) is 6.21. The van der Waals surface area contributed by atoms with Gasteiger partial charge in [-0.1, -0.05) is 43.3 Å². The quantitative estimate of drug-likeness (QED) is 0.710. The lowest BCUT2D eigenvalue weighted by molar-refractivity contribution is -0.117. The van der Waals surface area contributed by atoms with Crippen molar-refractivity contribution < 1.29 is 9.53 Å². The molecule has 2 N–H and O–H groups in total. The fourth-order valence-corrected chi connectivity index (χ4v) is 3.17. The summed E-state index contributed by atoms with van der Waals surface area (Å²) in [5.74, 6) is -0.279. The molecule has 0 saturated heterocycles. The third kappa shape index (κ3) is 3.83. The van der Waals surface area contributed by atoms with Crippen LogP contribution in [0.15, 0.2) is 59.4 Å². The fraction of sp³-hybridized carbons (Fsp3) is 0.238. The van der Waals surface area contributed by atoms with E-state index in [1.54, 1.807) is 13.2 Å². The number of pyridine rings is 1. The average molecular weight is 350 g/mol. The van der Waals surface area contributed by atoms with E-state index in [1.807, 2.05) is 49.4 Å². The van der Waals surface area contributed by atoms with Crippen LogP contribution >= 0.6 is 0 Å². The zero-order valence-corrected chi connectivity index (χ0v) is 14.9. The lowest BCUT2D eigenvalue weighted by Crippen LogP contribution is -2.20. The van der Waals surface area contributed by atoms with Crippen LogP contribution in [0.2, 0.25) is 0 Å². The van der Waals surface area contributed by atoms with E-state index in [1.165, 1.54) is 6.07 Å². The van der Waals surface area contributed by atoms with Gasteiger partial charge in [0.15, 0.2) is 0 Å². The number of amides is 1. The second kappa shape index (κ2) is 7.97. The third-order valence-corrected chi connectivity index (χ3v) is 4.42. The molecule has 3 aromatic rings. The van der Waals surface area contributed by atoms with Crippen molar-refractivity contribution in [3.05, 3.63) is 76.1 Å². The number of nitrogens with one attached hydrogen (secondary N) is 2. The van der Waals surface area contributed by atoms with Crippen molar-refractivity contribution in [3.8, 4) is 0 Å². The van der Waals surface area contributed by atoms with Gasteiger partial charge in [-0.05, 0) is 29.7 Å². The van der Waals surface area contributed by atoms with Gasteiger partial charge in [-0.3, -0.25) is 9.59 Å². The van der Waals surface area contributed by atoms with E-state index in [-0.39, 0.29) is 17.4 Å². The molecule has 1 aromatic heterocycles. The standard InChI is InChI=1S/C21H22N2O3/c1-3-17(14-7-5-4-6-8-14)21(25)22-16-9-10-18-15(13-26-2)11-20(24)23-19(18)12-16/h4-12,17H,3,13H2,1-2H3,(H,22,25)(H,23,24). The van der Waals surface area contributed by atoms with Gasteiger partial charge in [0, 0.05) is 24.2 Å². The minimum absolute atomic E-state index is 0.0616. The SMILES string of the molecule is CCC(C(=O)Nc1ccc2c(COC)cc(=O)[nH]c2c1)c1ccccc1. The number of H-pyrrole nitrogens is 1. The summed E-state index contributed by atoms with van der Waals surface area (Å²) in [6, 6.07) is 16.8. The third-order valence-electron chi connectivity index (χ3n) is 4.42. The molecule has 0 spiro atoms. The Morgan fingerprint density at radius 2 is 1.92 bits per heavy atom. The molecule has 0 aliphatic heterocycles. The molecule has 0 aliphatic carbocycles. The number of anilines is 1. The highest BCUT2D eigenvalue weighted by atomic mass is 16.5. The number of carbonyl (C=O) groups excluding carboxylic acids is 1. The number of ether oxygens (including phenoxy) is 1. The number of aromatic nitrogens is 1. The van der Waals surface area contributed by atoms with Crippen LogP contribution in [0.1, 0.15) is 30.4 Å². The van der Waals surface area contributed by atoms with Gasteiger partial charge in [0.2, 0.25) is 11.5 Å². The van der Waals surface area contributed by atoms with Gasteiger partial charge >= 0.3 is 0 Å². The van der Waals surface area contributed by atoms with Gasteiger partial charge in [-0.15, -0.1) is 0 Å². The zero-order chi connectivity index (χ0) is 18.5. The van der Waals surface area contributed by atoms with Gasteiger partial charge < -0.3 is 15.0 Å². The molecule has 0 radical (unpaired) electrons. The number of methoxy groups -OCH3 is 1. The highest BCUT2D eigenvalue weighted by Crippen LogP contribution is 2.24. The molecule has 1 amide bonds. The molecule has 0 bridgehead atoms. The van der Waals surface area contributed by atoms with Crippen molar-refractivity contribution in [2.45, 2.75) is 25.9 Å². The first-order valence-electron chi connectivity index (χ1n) is 8.63. The van der Waals surface area contributed by atoms with Crippen LogP contribution in [0, 0.1) is 0 Å². The molecular formula is C21H22N2O3. The number of benzene rings is 2. The summed E-state index contributed by atoms with van der Waals surface area (Å²) < 4.78 is 5.16. The number of rotatable bonds is 6. The van der Waals surface area contributed by atoms with Gasteiger partial charge in [0.05, 0.1) is 18.0 Å². The summed E-state index contributed by atoms with van der Waals surface area (Å²) in [4.78, 5) is 27.4. The number of hydrogen-bond donors (Lipinski definition) is 2. The average Bonchev–Trinajstić information content (AvgIpc) is 2.63. The Labute approximate surface area is 152 Å². The van der Waals surface area contributed by atoms with E-state index in [4.69, 9.17) is 4.74 Å². The molecule has 3 rings (SSSR count). The van der Waals surface area contributed by atoms with E-state index in [0.717, 1.165) is 16.5 Å². The second-order valence-corrected chi connectivity index (χ2v) is 6.21. The Kier molecular flexibility index (Phi) is 5.49. The van der Waals surface area contributed by atoms with Crippen LogP contribution in [0.4, 0.5) is 5.69 Å². The summed E-state index contributed by atoms with van der Waals surface area (Å²) in [5, 5.41) is 3.86. The maximum Gasteiger partial charge on any atom is 0.248 e. The molecular weight excluding hydrogens is 328 g/mol. The topological polar surface area (TPSA) is 71.2 Å². The van der Waals surface area contributed by atoms with Crippen molar-refractivity contribution in [1.82, 2.24) is 4.98 Å². The first-order valence-corrected chi connectivity index (χ1v) is 8.63. The van der Waals surface area contributed by atoms with Crippen LogP contribution in [0.25, 0.3) is 10.9 Å². The smallest absolute Gasteiger partial charge is 0.248 e. The van der Waals surface area contributed by atoms with Crippen LogP contribution in [0.5, 0.6) is 0 Å². The van der Waals surface area contributed by atoms with Crippen LogP contribution in [0.3, 0.4) is 0 Å². The first-order chi connectivity index (χ1) is 12.6. The highest BCUT2D eigenvalue weighted by Gasteiger charge is 2.18. The normalized spacial score (nSPS) is 12.1. The summed E-state index contributed by atoms with van der Waals surface area (Å²) in [6.45, 7) is 2.35. The predicted molar refractivity (Wildman–Crippen MR) is 103 cm³/mol. The molecule has 0 saturated carbocycles. The maximum atomic E-state index is 12.7. The Hall–Kier alpha value is -2.92. The maximum absolute atomic E-state index is 12.7. The summed E-state index contributed by atoms with van der Waals surface area (Å²) in [6.07, 6.45) is 0.707. The van der Waals surface area contributed by atoms with E-state index < -0.39 is 0 Å². The zero-order valence-electron chi connectivity index (χ0n) is 14.9. The van der Waals surface area contributed by atoms with Crippen LogP contribution in [-0.4, -0.2) is 18.0 Å². The minimum Gasteiger partial charge on any atom is -0.380 e. The van der Waals surface area contributed by atoms with E-state index in [0.29, 0.717) is 24.2 Å². The molecule has 0 aliphatic rings. The molecule has 1 atom stereocenters. The number of carbonyl (C=O) groups is 1. The van der Waals surface area contributed by atoms with Crippen LogP contribution < -0.4 is 10.9 Å². The lowest BCUT2D eigenvalue weighted by atomic mass is 9.95. The van der Waals surface area contributed by atoms with Gasteiger partial charge in [-0.2, -0.15) is 0 Å². The number of aromatic amines is 1. The Morgan fingerprint density at radius 3 is 2.62 bits per heavy atom. The molecule has 5 heteroatoms. The largest absolute Gasteiger partial charge is 0.380 e. The minimum atomic E-state index is -0.217. The summed E-state index contributed by atoms with van der Waals surface area (Å²) in [5.41, 5.74) is 2.95. The van der Waals surface area contributed by atoms with E-state index in [2.05, 4.69) is 10.3 Å². The number of hydrogen-bond acceptors (Lipinski definition) is 3. The van der Waals surface area contributed by atoms with Gasteiger partial charge in [-0.25, -0.2) is 0 Å². The summed E-state index contributed by atoms with van der Waals surface area (Å²) in [7, 11) is 1.59. The van der Waals surface area contributed by atoms with Crippen molar-refractivity contribution in [1.29, 1.82) is 0 Å². The van der Waals surface area contributed by atoms with E-state index >= 15 is 0 Å². The molecule has 1 unspecified atom stereocenters. The first kappa shape index (κ1) is 17.9. The molecule has 1 heterocycles. The lowest BCUT2D eigenvalue weighted by Gasteiger charge is -2.16. The molecule has 5 nitrogen and oxygen atoms in total. The molecule has 26 heavy (non-hydrogen) atoms. The monoisotopic (exact) mass is 350 g/mol. The van der Waals surface area contributed by atoms with Gasteiger partial charge in [0.1, 0.15) is 0 Å². The van der Waals surface area contributed by atoms with E-state index in [9.17, 15) is 9.59 Å². The fourth-order valence-electron chi connectivity index (χ4n) is 3.17. The van der Waals surface area contributed by atoms with Crippen molar-refractivity contribution in [2.75, 3.05) is 12.4 Å². The summed E-state index contributed by atoms with van der Waals surface area (Å²) >= 11 is 0. The number of fused-ring (bicyclic) bond motifs is 1. The molecule has 134 valence electrons.